The summed E-state index contributed by atoms with van der Waals surface area (Å²) in [4.78, 5) is 11.0. The van der Waals surface area contributed by atoms with E-state index in [1.807, 2.05) is 6.08 Å². The molecular weight excluding hydrogens is 166 g/mol. The number of rotatable bonds is 3. The van der Waals surface area contributed by atoms with Gasteiger partial charge in [0.05, 0.1) is 0 Å². The second kappa shape index (κ2) is 4.82. The topological polar surface area (TPSA) is 52.3 Å². The molecule has 1 aliphatic rings. The standard InChI is InChI=1S/C10H15NO2/c1-8(11)10(12)13-7-9-5-3-2-4-6-9/h3,5-6,8H,2,4,7,11H2,1H3/t8-/m0/s1. The summed E-state index contributed by atoms with van der Waals surface area (Å²) in [5.74, 6) is -0.347. The molecule has 0 spiro atoms. The van der Waals surface area contributed by atoms with Crippen LogP contribution in [0.4, 0.5) is 0 Å². The second-order valence-corrected chi connectivity index (χ2v) is 3.16. The van der Waals surface area contributed by atoms with Crippen molar-refractivity contribution in [3.8, 4) is 0 Å². The van der Waals surface area contributed by atoms with Crippen LogP contribution in [-0.2, 0) is 9.53 Å². The highest BCUT2D eigenvalue weighted by molar-refractivity contribution is 5.75. The van der Waals surface area contributed by atoms with Gasteiger partial charge in [0, 0.05) is 0 Å². The zero-order valence-corrected chi connectivity index (χ0v) is 7.82. The number of esters is 1. The van der Waals surface area contributed by atoms with Crippen molar-refractivity contribution in [1.82, 2.24) is 0 Å². The molecule has 0 bridgehead atoms. The van der Waals surface area contributed by atoms with Gasteiger partial charge in [0.15, 0.2) is 0 Å². The number of hydrogen-bond donors (Lipinski definition) is 1. The van der Waals surface area contributed by atoms with E-state index in [-0.39, 0.29) is 5.97 Å². The van der Waals surface area contributed by atoms with E-state index in [4.69, 9.17) is 10.5 Å². The number of allylic oxidation sites excluding steroid dienone is 2. The lowest BCUT2D eigenvalue weighted by Gasteiger charge is -2.09. The largest absolute Gasteiger partial charge is 0.460 e. The summed E-state index contributed by atoms with van der Waals surface area (Å²) in [6, 6.07) is -0.534. The molecule has 0 unspecified atom stereocenters. The van der Waals surface area contributed by atoms with E-state index >= 15 is 0 Å². The van der Waals surface area contributed by atoms with Gasteiger partial charge in [-0.2, -0.15) is 0 Å². The smallest absolute Gasteiger partial charge is 0.322 e. The van der Waals surface area contributed by atoms with Crippen LogP contribution in [-0.4, -0.2) is 18.6 Å². The van der Waals surface area contributed by atoms with E-state index in [9.17, 15) is 4.79 Å². The molecule has 1 aliphatic carbocycles. The Morgan fingerprint density at radius 2 is 2.46 bits per heavy atom. The maximum absolute atomic E-state index is 11.0. The molecule has 3 heteroatoms. The van der Waals surface area contributed by atoms with Gasteiger partial charge in [0.2, 0.25) is 0 Å². The Balaban J connectivity index is 2.30. The SMILES string of the molecule is C[C@H](N)C(=O)OCC1=CCCC=C1. The molecule has 1 atom stereocenters. The highest BCUT2D eigenvalue weighted by Gasteiger charge is 2.08. The lowest BCUT2D eigenvalue weighted by atomic mass is 10.1. The van der Waals surface area contributed by atoms with Crippen molar-refractivity contribution < 1.29 is 9.53 Å². The van der Waals surface area contributed by atoms with Crippen molar-refractivity contribution in [3.63, 3.8) is 0 Å². The summed E-state index contributed by atoms with van der Waals surface area (Å²) in [5.41, 5.74) is 6.40. The van der Waals surface area contributed by atoms with Crippen LogP contribution in [0.2, 0.25) is 0 Å². The second-order valence-electron chi connectivity index (χ2n) is 3.16. The molecule has 0 amide bonds. The zero-order chi connectivity index (χ0) is 9.68. The van der Waals surface area contributed by atoms with Gasteiger partial charge in [-0.05, 0) is 25.3 Å². The van der Waals surface area contributed by atoms with E-state index in [1.165, 1.54) is 0 Å². The first-order valence-corrected chi connectivity index (χ1v) is 4.48. The average Bonchev–Trinajstić information content (AvgIpc) is 2.15. The van der Waals surface area contributed by atoms with Crippen molar-refractivity contribution in [2.75, 3.05) is 6.61 Å². The third-order valence-electron chi connectivity index (χ3n) is 1.82. The fourth-order valence-electron chi connectivity index (χ4n) is 1.06. The van der Waals surface area contributed by atoms with Crippen LogP contribution in [0.3, 0.4) is 0 Å². The molecule has 3 nitrogen and oxygen atoms in total. The number of nitrogens with two attached hydrogens (primary N) is 1. The molecule has 0 aromatic rings. The summed E-state index contributed by atoms with van der Waals surface area (Å²) in [6.07, 6.45) is 8.24. The molecule has 0 heterocycles. The van der Waals surface area contributed by atoms with E-state index < -0.39 is 6.04 Å². The monoisotopic (exact) mass is 181 g/mol. The van der Waals surface area contributed by atoms with E-state index in [0.717, 1.165) is 18.4 Å². The van der Waals surface area contributed by atoms with Crippen LogP contribution >= 0.6 is 0 Å². The summed E-state index contributed by atoms with van der Waals surface area (Å²) in [5, 5.41) is 0. The Bertz CT molecular complexity index is 241. The number of ether oxygens (including phenoxy) is 1. The molecule has 0 aromatic heterocycles. The maximum atomic E-state index is 11.0. The minimum atomic E-state index is -0.534. The van der Waals surface area contributed by atoms with Gasteiger partial charge >= 0.3 is 5.97 Å². The first-order chi connectivity index (χ1) is 6.20. The van der Waals surface area contributed by atoms with E-state index in [0.29, 0.717) is 6.61 Å². The Labute approximate surface area is 78.3 Å². The van der Waals surface area contributed by atoms with Gasteiger partial charge in [-0.3, -0.25) is 4.79 Å². The van der Waals surface area contributed by atoms with Crippen molar-refractivity contribution in [3.05, 3.63) is 23.8 Å². The van der Waals surface area contributed by atoms with Gasteiger partial charge in [-0.25, -0.2) is 0 Å². The van der Waals surface area contributed by atoms with E-state index in [2.05, 4.69) is 12.2 Å². The summed E-state index contributed by atoms with van der Waals surface area (Å²) >= 11 is 0. The first kappa shape index (κ1) is 9.99. The Morgan fingerprint density at radius 1 is 1.69 bits per heavy atom. The van der Waals surface area contributed by atoms with Crippen LogP contribution in [0.15, 0.2) is 23.8 Å². The van der Waals surface area contributed by atoms with Gasteiger partial charge in [0.25, 0.3) is 0 Å². The molecule has 0 radical (unpaired) electrons. The Kier molecular flexibility index (Phi) is 3.71. The lowest BCUT2D eigenvalue weighted by Crippen LogP contribution is -2.29. The lowest BCUT2D eigenvalue weighted by molar-refractivity contribution is -0.143. The number of carbonyl (C=O) groups is 1. The molecule has 1 rings (SSSR count). The van der Waals surface area contributed by atoms with Crippen molar-refractivity contribution in [2.24, 2.45) is 5.73 Å². The van der Waals surface area contributed by atoms with Crippen molar-refractivity contribution in [1.29, 1.82) is 0 Å². The molecule has 0 saturated heterocycles. The minimum Gasteiger partial charge on any atom is -0.460 e. The highest BCUT2D eigenvalue weighted by Crippen LogP contribution is 2.09. The van der Waals surface area contributed by atoms with Gasteiger partial charge < -0.3 is 10.5 Å². The predicted octanol–water partition coefficient (Wildman–Crippen LogP) is 1.15. The zero-order valence-electron chi connectivity index (χ0n) is 7.82. The molecule has 13 heavy (non-hydrogen) atoms. The summed E-state index contributed by atoms with van der Waals surface area (Å²) < 4.78 is 4.96. The third-order valence-corrected chi connectivity index (χ3v) is 1.82. The van der Waals surface area contributed by atoms with Crippen LogP contribution in [0.5, 0.6) is 0 Å². The van der Waals surface area contributed by atoms with E-state index in [1.54, 1.807) is 6.92 Å². The van der Waals surface area contributed by atoms with Crippen LogP contribution in [0, 0.1) is 0 Å². The normalized spacial score (nSPS) is 17.8. The van der Waals surface area contributed by atoms with Gasteiger partial charge in [-0.15, -0.1) is 0 Å². The summed E-state index contributed by atoms with van der Waals surface area (Å²) in [6.45, 7) is 1.96. The van der Waals surface area contributed by atoms with Gasteiger partial charge in [0.1, 0.15) is 12.6 Å². The molecule has 0 aromatic carbocycles. The third kappa shape index (κ3) is 3.42. The molecule has 0 saturated carbocycles. The quantitative estimate of drug-likeness (QED) is 0.664. The Morgan fingerprint density at radius 3 is 3.00 bits per heavy atom. The molecule has 2 N–H and O–H groups in total. The number of hydrogen-bond acceptors (Lipinski definition) is 3. The molecular formula is C10H15NO2. The van der Waals surface area contributed by atoms with Crippen LogP contribution in [0.25, 0.3) is 0 Å². The molecule has 0 fully saturated rings. The van der Waals surface area contributed by atoms with Crippen LogP contribution in [0.1, 0.15) is 19.8 Å². The number of carbonyl (C=O) groups excluding carboxylic acids is 1. The highest BCUT2D eigenvalue weighted by atomic mass is 16.5. The summed E-state index contributed by atoms with van der Waals surface area (Å²) in [7, 11) is 0. The fraction of sp³-hybridized carbons (Fsp3) is 0.500. The van der Waals surface area contributed by atoms with Crippen molar-refractivity contribution in [2.45, 2.75) is 25.8 Å². The maximum Gasteiger partial charge on any atom is 0.322 e. The predicted molar refractivity (Wildman–Crippen MR) is 51.1 cm³/mol. The molecule has 0 aliphatic heterocycles. The first-order valence-electron chi connectivity index (χ1n) is 4.48. The Hall–Kier alpha value is -1.09. The molecule has 72 valence electrons. The average molecular weight is 181 g/mol. The van der Waals surface area contributed by atoms with Crippen molar-refractivity contribution >= 4 is 5.97 Å². The van der Waals surface area contributed by atoms with Gasteiger partial charge in [-0.1, -0.05) is 18.2 Å². The van der Waals surface area contributed by atoms with Crippen LogP contribution < -0.4 is 5.73 Å². The minimum absolute atomic E-state index is 0.344. The fourth-order valence-corrected chi connectivity index (χ4v) is 1.06.